The van der Waals surface area contributed by atoms with Crippen LogP contribution in [-0.2, 0) is 16.1 Å². The van der Waals surface area contributed by atoms with Crippen molar-refractivity contribution in [2.75, 3.05) is 16.0 Å². The number of rotatable bonds is 4. The molecule has 140 valence electrons. The fraction of sp³-hybridized carbons (Fsp3) is 0.368. The molecule has 27 heavy (non-hydrogen) atoms. The normalized spacial score (nSPS) is 16.2. The molecule has 0 atom stereocenters. The molecule has 2 aliphatic rings. The summed E-state index contributed by atoms with van der Waals surface area (Å²) in [4.78, 5) is 39.9. The maximum atomic E-state index is 12.9. The van der Waals surface area contributed by atoms with Gasteiger partial charge in [0.05, 0.1) is 16.8 Å². The zero-order chi connectivity index (χ0) is 19.1. The molecule has 2 aromatic rings. The van der Waals surface area contributed by atoms with Crippen LogP contribution < -0.4 is 15.8 Å². The molecule has 1 fully saturated rings. The van der Waals surface area contributed by atoms with Crippen molar-refractivity contribution in [1.29, 1.82) is 0 Å². The van der Waals surface area contributed by atoms with Crippen LogP contribution in [0, 0.1) is 13.8 Å². The number of hydrogen-bond acceptors (Lipinski definition) is 5. The van der Waals surface area contributed by atoms with Crippen LogP contribution in [0.15, 0.2) is 34.1 Å². The highest BCUT2D eigenvalue weighted by Gasteiger charge is 2.39. The summed E-state index contributed by atoms with van der Waals surface area (Å²) in [7, 11) is 0. The highest BCUT2D eigenvalue weighted by atomic mass is 32.2. The Morgan fingerprint density at radius 3 is 2.74 bits per heavy atom. The van der Waals surface area contributed by atoms with E-state index in [0.29, 0.717) is 22.0 Å². The zero-order valence-electron chi connectivity index (χ0n) is 15.2. The van der Waals surface area contributed by atoms with E-state index in [2.05, 4.69) is 10.4 Å². The molecular weight excluding hydrogens is 364 g/mol. The standard InChI is InChI=1S/C19H20N4O3S/c1-11-3-4-13(7-12(11)2)21-16(24)9-22-19(26)18-15(8-20-22)27-10-17(25)23(18)14-5-6-14/h3-4,7-8,14H,5-6,9-10H2,1-2H3,(H,21,24). The minimum atomic E-state index is -0.393. The highest BCUT2D eigenvalue weighted by Crippen LogP contribution is 2.38. The molecule has 0 bridgehead atoms. The summed E-state index contributed by atoms with van der Waals surface area (Å²) in [6.45, 7) is 3.78. The molecule has 1 aliphatic heterocycles. The molecule has 7 nitrogen and oxygen atoms in total. The molecule has 2 heterocycles. The van der Waals surface area contributed by atoms with Crippen molar-refractivity contribution in [2.24, 2.45) is 0 Å². The van der Waals surface area contributed by atoms with Gasteiger partial charge in [-0.3, -0.25) is 14.4 Å². The SMILES string of the molecule is Cc1ccc(NC(=O)Cn2ncc3c(c2=O)N(C2CC2)C(=O)CS3)cc1C. The average molecular weight is 384 g/mol. The molecule has 4 rings (SSSR count). The number of hydrogen-bond donors (Lipinski definition) is 1. The number of amides is 2. The van der Waals surface area contributed by atoms with E-state index in [-0.39, 0.29) is 24.4 Å². The first-order chi connectivity index (χ1) is 12.9. The van der Waals surface area contributed by atoms with Gasteiger partial charge in [-0.2, -0.15) is 5.10 Å². The number of aromatic nitrogens is 2. The van der Waals surface area contributed by atoms with Gasteiger partial charge in [-0.15, -0.1) is 11.8 Å². The third-order valence-corrected chi connectivity index (χ3v) is 5.84. The molecule has 0 radical (unpaired) electrons. The fourth-order valence-corrected chi connectivity index (χ4v) is 3.97. The highest BCUT2D eigenvalue weighted by molar-refractivity contribution is 8.00. The number of aryl methyl sites for hydroxylation is 2. The average Bonchev–Trinajstić information content (AvgIpc) is 3.46. The number of benzene rings is 1. The van der Waals surface area contributed by atoms with E-state index in [0.717, 1.165) is 28.7 Å². The van der Waals surface area contributed by atoms with Crippen molar-refractivity contribution < 1.29 is 9.59 Å². The number of fused-ring (bicyclic) bond motifs is 1. The lowest BCUT2D eigenvalue weighted by molar-refractivity contribution is -0.117. The van der Waals surface area contributed by atoms with Crippen LogP contribution in [0.1, 0.15) is 24.0 Å². The van der Waals surface area contributed by atoms with Crippen LogP contribution in [0.3, 0.4) is 0 Å². The molecule has 0 spiro atoms. The van der Waals surface area contributed by atoms with E-state index >= 15 is 0 Å². The Bertz CT molecular complexity index is 997. The summed E-state index contributed by atoms with van der Waals surface area (Å²) < 4.78 is 1.13. The van der Waals surface area contributed by atoms with Crippen LogP contribution in [0.5, 0.6) is 0 Å². The molecule has 1 saturated carbocycles. The van der Waals surface area contributed by atoms with E-state index in [4.69, 9.17) is 0 Å². The second-order valence-corrected chi connectivity index (χ2v) is 7.97. The molecule has 0 unspecified atom stereocenters. The molecule has 8 heteroatoms. The Hall–Kier alpha value is -2.61. The molecule has 1 aliphatic carbocycles. The lowest BCUT2D eigenvalue weighted by Crippen LogP contribution is -2.43. The summed E-state index contributed by atoms with van der Waals surface area (Å²) in [6, 6.07) is 5.75. The minimum absolute atomic E-state index is 0.0515. The van der Waals surface area contributed by atoms with Crippen molar-refractivity contribution in [3.63, 3.8) is 0 Å². The number of carbonyl (C=O) groups excluding carboxylic acids is 2. The minimum Gasteiger partial charge on any atom is -0.324 e. The van der Waals surface area contributed by atoms with Gasteiger partial charge in [0.25, 0.3) is 5.56 Å². The first kappa shape index (κ1) is 17.8. The molecule has 1 aromatic heterocycles. The quantitative estimate of drug-likeness (QED) is 0.873. The first-order valence-electron chi connectivity index (χ1n) is 8.86. The summed E-state index contributed by atoms with van der Waals surface area (Å²) in [6.07, 6.45) is 3.39. The van der Waals surface area contributed by atoms with Gasteiger partial charge in [0, 0.05) is 11.7 Å². The predicted octanol–water partition coefficient (Wildman–Crippen LogP) is 2.10. The number of thioether (sulfide) groups is 1. The summed E-state index contributed by atoms with van der Waals surface area (Å²) in [5.41, 5.74) is 2.87. The summed E-state index contributed by atoms with van der Waals surface area (Å²) in [5, 5.41) is 6.93. The van der Waals surface area contributed by atoms with Crippen LogP contribution in [0.25, 0.3) is 0 Å². The van der Waals surface area contributed by atoms with Crippen LogP contribution >= 0.6 is 11.8 Å². The maximum Gasteiger partial charge on any atom is 0.292 e. The number of nitrogens with zero attached hydrogens (tertiary/aromatic N) is 3. The van der Waals surface area contributed by atoms with Gasteiger partial charge < -0.3 is 10.2 Å². The summed E-state index contributed by atoms with van der Waals surface area (Å²) in [5.74, 6) is -0.0629. The van der Waals surface area contributed by atoms with Gasteiger partial charge in [-0.1, -0.05) is 6.07 Å². The van der Waals surface area contributed by atoms with Crippen molar-refractivity contribution in [1.82, 2.24) is 9.78 Å². The van der Waals surface area contributed by atoms with Gasteiger partial charge >= 0.3 is 0 Å². The van der Waals surface area contributed by atoms with Gasteiger partial charge in [-0.05, 0) is 49.9 Å². The molecular formula is C19H20N4O3S. The fourth-order valence-electron chi connectivity index (χ4n) is 3.11. The van der Waals surface area contributed by atoms with E-state index in [1.165, 1.54) is 11.8 Å². The lowest BCUT2D eigenvalue weighted by atomic mass is 10.1. The first-order valence-corrected chi connectivity index (χ1v) is 9.84. The Kier molecular flexibility index (Phi) is 4.51. The number of carbonyl (C=O) groups is 2. The van der Waals surface area contributed by atoms with Crippen LogP contribution in [0.2, 0.25) is 0 Å². The number of anilines is 2. The van der Waals surface area contributed by atoms with Crippen molar-refractivity contribution in [2.45, 2.75) is 44.2 Å². The second kappa shape index (κ2) is 6.84. The lowest BCUT2D eigenvalue weighted by Gasteiger charge is -2.28. The molecule has 0 saturated heterocycles. The number of nitrogens with one attached hydrogen (secondary N) is 1. The van der Waals surface area contributed by atoms with Crippen molar-refractivity contribution in [3.8, 4) is 0 Å². The van der Waals surface area contributed by atoms with Gasteiger partial charge in [0.1, 0.15) is 12.2 Å². The van der Waals surface area contributed by atoms with E-state index < -0.39 is 5.56 Å². The Labute approximate surface area is 160 Å². The smallest absolute Gasteiger partial charge is 0.292 e. The third kappa shape index (κ3) is 3.49. The second-order valence-electron chi connectivity index (χ2n) is 6.95. The van der Waals surface area contributed by atoms with E-state index in [1.54, 1.807) is 11.1 Å². The molecule has 1 aromatic carbocycles. The Morgan fingerprint density at radius 1 is 1.26 bits per heavy atom. The third-order valence-electron chi connectivity index (χ3n) is 4.84. The van der Waals surface area contributed by atoms with Crippen LogP contribution in [0.4, 0.5) is 11.4 Å². The van der Waals surface area contributed by atoms with Crippen LogP contribution in [-0.4, -0.2) is 33.4 Å². The molecule has 1 N–H and O–H groups in total. The Morgan fingerprint density at radius 2 is 2.04 bits per heavy atom. The van der Waals surface area contributed by atoms with E-state index in [9.17, 15) is 14.4 Å². The monoisotopic (exact) mass is 384 g/mol. The van der Waals surface area contributed by atoms with Gasteiger partial charge in [-0.25, -0.2) is 4.68 Å². The van der Waals surface area contributed by atoms with Gasteiger partial charge in [0.2, 0.25) is 11.8 Å². The summed E-state index contributed by atoms with van der Waals surface area (Å²) >= 11 is 1.33. The zero-order valence-corrected chi connectivity index (χ0v) is 16.0. The van der Waals surface area contributed by atoms with Gasteiger partial charge in [0.15, 0.2) is 0 Å². The van der Waals surface area contributed by atoms with Crippen molar-refractivity contribution >= 4 is 35.0 Å². The predicted molar refractivity (Wildman–Crippen MR) is 104 cm³/mol. The Balaban J connectivity index is 1.57. The topological polar surface area (TPSA) is 84.3 Å². The molecule has 2 amide bonds. The largest absolute Gasteiger partial charge is 0.324 e. The maximum absolute atomic E-state index is 12.9. The van der Waals surface area contributed by atoms with Crippen molar-refractivity contribution in [3.05, 3.63) is 45.9 Å². The van der Waals surface area contributed by atoms with E-state index in [1.807, 2.05) is 32.0 Å².